The smallest absolute Gasteiger partial charge is 0.263 e. The zero-order valence-corrected chi connectivity index (χ0v) is 18.2. The predicted octanol–water partition coefficient (Wildman–Crippen LogP) is 4.24. The first-order valence-corrected chi connectivity index (χ1v) is 10.8. The summed E-state index contributed by atoms with van der Waals surface area (Å²) in [6.45, 7) is 0.276. The number of hydrogen-bond donors (Lipinski definition) is 1. The Kier molecular flexibility index (Phi) is 6.60. The Balaban J connectivity index is 1.80. The normalized spacial score (nSPS) is 11.0. The average Bonchev–Trinajstić information content (AvgIpc) is 2.72. The lowest BCUT2D eigenvalue weighted by atomic mass is 10.3. The molecule has 2 aromatic carbocycles. The third-order valence-corrected chi connectivity index (χ3v) is 6.27. The molecular formula is C20H19BrN2O5S. The highest BCUT2D eigenvalue weighted by Gasteiger charge is 2.21. The van der Waals surface area contributed by atoms with Crippen molar-refractivity contribution in [3.63, 3.8) is 0 Å². The second kappa shape index (κ2) is 9.15. The molecule has 152 valence electrons. The minimum absolute atomic E-state index is 0.0231. The van der Waals surface area contributed by atoms with E-state index in [-0.39, 0.29) is 11.5 Å². The maximum Gasteiger partial charge on any atom is 0.263 e. The zero-order chi connectivity index (χ0) is 20.9. The fourth-order valence-corrected chi connectivity index (χ4v) is 4.63. The second-order valence-corrected chi connectivity index (χ2v) is 8.39. The van der Waals surface area contributed by atoms with Crippen LogP contribution in [0.3, 0.4) is 0 Å². The summed E-state index contributed by atoms with van der Waals surface area (Å²) in [4.78, 5) is 4.21. The lowest BCUT2D eigenvalue weighted by molar-refractivity contribution is 0.301. The summed E-state index contributed by atoms with van der Waals surface area (Å²) in [5.41, 5.74) is 1.14. The van der Waals surface area contributed by atoms with Crippen molar-refractivity contribution in [3.8, 4) is 17.2 Å². The number of sulfonamides is 1. The molecule has 29 heavy (non-hydrogen) atoms. The number of nitrogens with one attached hydrogen (secondary N) is 1. The number of nitrogens with zero attached hydrogens (tertiary/aromatic N) is 1. The van der Waals surface area contributed by atoms with Gasteiger partial charge in [-0.15, -0.1) is 0 Å². The molecule has 3 aromatic rings. The predicted molar refractivity (Wildman–Crippen MR) is 113 cm³/mol. The lowest BCUT2D eigenvalue weighted by Crippen LogP contribution is -2.14. The molecule has 7 nitrogen and oxygen atoms in total. The standard InChI is InChI=1S/C20H19BrN2O5S/c1-26-18-11-17(21)20(12-19(18)27-2)29(24,25)23-14-7-5-8-16(10-14)28-13-15-6-3-4-9-22-15/h3-12,23H,13H2,1-2H3. The Hall–Kier alpha value is -2.78. The highest BCUT2D eigenvalue weighted by molar-refractivity contribution is 9.10. The van der Waals surface area contributed by atoms with Gasteiger partial charge in [-0.25, -0.2) is 8.42 Å². The van der Waals surface area contributed by atoms with Gasteiger partial charge in [0.1, 0.15) is 17.3 Å². The molecule has 0 aliphatic rings. The van der Waals surface area contributed by atoms with Gasteiger partial charge in [0.25, 0.3) is 10.0 Å². The molecule has 0 atom stereocenters. The maximum absolute atomic E-state index is 12.9. The van der Waals surface area contributed by atoms with E-state index in [0.29, 0.717) is 27.4 Å². The van der Waals surface area contributed by atoms with Gasteiger partial charge in [0.2, 0.25) is 0 Å². The van der Waals surface area contributed by atoms with Gasteiger partial charge in [-0.2, -0.15) is 0 Å². The first-order chi connectivity index (χ1) is 13.9. The number of benzene rings is 2. The van der Waals surface area contributed by atoms with E-state index in [4.69, 9.17) is 14.2 Å². The van der Waals surface area contributed by atoms with Crippen LogP contribution in [0.25, 0.3) is 0 Å². The molecule has 0 aliphatic carbocycles. The first-order valence-electron chi connectivity index (χ1n) is 8.50. The zero-order valence-electron chi connectivity index (χ0n) is 15.8. The van der Waals surface area contributed by atoms with Gasteiger partial charge < -0.3 is 14.2 Å². The largest absolute Gasteiger partial charge is 0.493 e. The van der Waals surface area contributed by atoms with Crippen molar-refractivity contribution < 1.29 is 22.6 Å². The second-order valence-electron chi connectivity index (χ2n) is 5.88. The Bertz CT molecular complexity index is 1090. The molecule has 0 aliphatic heterocycles. The van der Waals surface area contributed by atoms with Crippen LogP contribution in [-0.2, 0) is 16.6 Å². The summed E-state index contributed by atoms with van der Waals surface area (Å²) in [6, 6.07) is 15.2. The lowest BCUT2D eigenvalue weighted by Gasteiger charge is -2.14. The molecule has 0 saturated heterocycles. The van der Waals surface area contributed by atoms with Gasteiger partial charge in [-0.05, 0) is 46.3 Å². The molecular weight excluding hydrogens is 460 g/mol. The molecule has 3 rings (SSSR count). The molecule has 0 amide bonds. The summed E-state index contributed by atoms with van der Waals surface area (Å²) < 4.78 is 44.8. The third-order valence-electron chi connectivity index (χ3n) is 3.93. The quantitative estimate of drug-likeness (QED) is 0.520. The van der Waals surface area contributed by atoms with E-state index in [0.717, 1.165) is 5.69 Å². The van der Waals surface area contributed by atoms with E-state index in [2.05, 4.69) is 25.6 Å². The number of anilines is 1. The number of rotatable bonds is 8. The number of methoxy groups -OCH3 is 2. The fourth-order valence-electron chi connectivity index (χ4n) is 2.54. The summed E-state index contributed by atoms with van der Waals surface area (Å²) >= 11 is 3.28. The number of aromatic nitrogens is 1. The van der Waals surface area contributed by atoms with Crippen LogP contribution >= 0.6 is 15.9 Å². The van der Waals surface area contributed by atoms with Crippen molar-refractivity contribution in [2.75, 3.05) is 18.9 Å². The Morgan fingerprint density at radius 2 is 1.76 bits per heavy atom. The first kappa shape index (κ1) is 20.9. The Morgan fingerprint density at radius 1 is 1.00 bits per heavy atom. The van der Waals surface area contributed by atoms with Gasteiger partial charge >= 0.3 is 0 Å². The minimum atomic E-state index is -3.89. The molecule has 0 bridgehead atoms. The van der Waals surface area contributed by atoms with Crippen molar-refractivity contribution in [2.45, 2.75) is 11.5 Å². The van der Waals surface area contributed by atoms with Gasteiger partial charge in [0.05, 0.1) is 25.6 Å². The molecule has 1 N–H and O–H groups in total. The summed E-state index contributed by atoms with van der Waals surface area (Å²) in [5, 5.41) is 0. The van der Waals surface area contributed by atoms with Crippen LogP contribution in [-0.4, -0.2) is 27.6 Å². The van der Waals surface area contributed by atoms with Gasteiger partial charge in [-0.1, -0.05) is 12.1 Å². The molecule has 0 unspecified atom stereocenters. The molecule has 0 spiro atoms. The molecule has 1 aromatic heterocycles. The molecule has 0 radical (unpaired) electrons. The summed E-state index contributed by atoms with van der Waals surface area (Å²) in [7, 11) is -0.964. The number of halogens is 1. The third kappa shape index (κ3) is 5.18. The van der Waals surface area contributed by atoms with Crippen LogP contribution < -0.4 is 18.9 Å². The summed E-state index contributed by atoms with van der Waals surface area (Å²) in [6.07, 6.45) is 1.68. The van der Waals surface area contributed by atoms with Crippen LogP contribution in [0.4, 0.5) is 5.69 Å². The van der Waals surface area contributed by atoms with Crippen molar-refractivity contribution >= 4 is 31.6 Å². The van der Waals surface area contributed by atoms with E-state index in [1.807, 2.05) is 18.2 Å². The van der Waals surface area contributed by atoms with E-state index in [1.165, 1.54) is 20.3 Å². The summed E-state index contributed by atoms with van der Waals surface area (Å²) in [5.74, 6) is 1.24. The van der Waals surface area contributed by atoms with E-state index >= 15 is 0 Å². The average molecular weight is 479 g/mol. The Morgan fingerprint density at radius 3 is 2.45 bits per heavy atom. The van der Waals surface area contributed by atoms with Crippen LogP contribution in [0.2, 0.25) is 0 Å². The highest BCUT2D eigenvalue weighted by atomic mass is 79.9. The van der Waals surface area contributed by atoms with Gasteiger partial charge in [0.15, 0.2) is 11.5 Å². The molecule has 9 heteroatoms. The van der Waals surface area contributed by atoms with Crippen LogP contribution in [0.5, 0.6) is 17.2 Å². The van der Waals surface area contributed by atoms with Gasteiger partial charge in [0, 0.05) is 22.8 Å². The molecule has 0 fully saturated rings. The monoisotopic (exact) mass is 478 g/mol. The van der Waals surface area contributed by atoms with Crippen molar-refractivity contribution in [3.05, 3.63) is 71.0 Å². The van der Waals surface area contributed by atoms with E-state index in [9.17, 15) is 8.42 Å². The minimum Gasteiger partial charge on any atom is -0.493 e. The highest BCUT2D eigenvalue weighted by Crippen LogP contribution is 2.36. The Labute approximate surface area is 177 Å². The van der Waals surface area contributed by atoms with Crippen LogP contribution in [0.15, 0.2) is 70.2 Å². The van der Waals surface area contributed by atoms with Crippen LogP contribution in [0, 0.1) is 0 Å². The van der Waals surface area contributed by atoms with E-state index in [1.54, 1.807) is 36.5 Å². The van der Waals surface area contributed by atoms with Crippen LogP contribution in [0.1, 0.15) is 5.69 Å². The molecule has 0 saturated carbocycles. The number of hydrogen-bond acceptors (Lipinski definition) is 6. The van der Waals surface area contributed by atoms with Crippen molar-refractivity contribution in [1.82, 2.24) is 4.98 Å². The maximum atomic E-state index is 12.9. The fraction of sp³-hybridized carbons (Fsp3) is 0.150. The number of pyridine rings is 1. The van der Waals surface area contributed by atoms with Crippen molar-refractivity contribution in [1.29, 1.82) is 0 Å². The SMILES string of the molecule is COc1cc(Br)c(S(=O)(=O)Nc2cccc(OCc3ccccn3)c2)cc1OC. The number of ether oxygens (including phenoxy) is 3. The van der Waals surface area contributed by atoms with Gasteiger partial charge in [-0.3, -0.25) is 9.71 Å². The topological polar surface area (TPSA) is 86.8 Å². The van der Waals surface area contributed by atoms with E-state index < -0.39 is 10.0 Å². The molecule has 1 heterocycles. The van der Waals surface area contributed by atoms with Crippen molar-refractivity contribution in [2.24, 2.45) is 0 Å².